The average Bonchev–Trinajstić information content (AvgIpc) is 2.72. The first-order valence-electron chi connectivity index (χ1n) is 9.30. The van der Waals surface area contributed by atoms with Crippen LogP contribution in [0.3, 0.4) is 0 Å². The minimum absolute atomic E-state index is 0.102. The molecule has 156 valence electrons. The molecule has 3 N–H and O–H groups in total. The van der Waals surface area contributed by atoms with Gasteiger partial charge in [-0.15, -0.1) is 0 Å². The normalized spacial score (nSPS) is 16.0. The van der Waals surface area contributed by atoms with Gasteiger partial charge in [0.05, 0.1) is 36.1 Å². The number of hydrogen-bond donors (Lipinski definition) is 3. The summed E-state index contributed by atoms with van der Waals surface area (Å²) in [6.45, 7) is 3.47. The maximum absolute atomic E-state index is 13.0. The number of hydrogen-bond acceptors (Lipinski definition) is 5. The van der Waals surface area contributed by atoms with Gasteiger partial charge in [-0.2, -0.15) is 0 Å². The molecule has 1 aliphatic heterocycles. The molecule has 2 aromatic carbocycles. The van der Waals surface area contributed by atoms with Crippen LogP contribution in [0.1, 0.15) is 41.4 Å². The smallest absolute Gasteiger partial charge is 0.338 e. The molecule has 0 saturated heterocycles. The molecule has 0 saturated carbocycles. The number of amides is 2. The molecule has 1 heterocycles. The van der Waals surface area contributed by atoms with Crippen LogP contribution in [-0.4, -0.2) is 36.3 Å². The number of carboxylic acids is 1. The first kappa shape index (κ1) is 20.9. The van der Waals surface area contributed by atoms with Crippen LogP contribution in [0, 0.1) is 0 Å². The molecule has 8 nitrogen and oxygen atoms in total. The van der Waals surface area contributed by atoms with E-state index in [9.17, 15) is 14.4 Å². The van der Waals surface area contributed by atoms with E-state index in [1.165, 1.54) is 12.1 Å². The van der Waals surface area contributed by atoms with E-state index < -0.39 is 24.0 Å². The molecule has 0 bridgehead atoms. The van der Waals surface area contributed by atoms with Crippen LogP contribution in [0.5, 0.6) is 5.75 Å². The lowest BCUT2D eigenvalue weighted by Crippen LogP contribution is -2.45. The summed E-state index contributed by atoms with van der Waals surface area (Å²) in [5, 5.41) is 14.6. The zero-order chi connectivity index (χ0) is 21.8. The van der Waals surface area contributed by atoms with Gasteiger partial charge in [0, 0.05) is 0 Å². The van der Waals surface area contributed by atoms with Crippen LogP contribution in [-0.2, 0) is 9.53 Å². The Morgan fingerprint density at radius 2 is 1.67 bits per heavy atom. The van der Waals surface area contributed by atoms with Gasteiger partial charge in [0.25, 0.3) is 0 Å². The van der Waals surface area contributed by atoms with Gasteiger partial charge in [-0.1, -0.05) is 12.1 Å². The van der Waals surface area contributed by atoms with Gasteiger partial charge in [-0.3, -0.25) is 0 Å². The van der Waals surface area contributed by atoms with Crippen molar-refractivity contribution in [2.24, 2.45) is 0 Å². The molecule has 0 radical (unpaired) electrons. The van der Waals surface area contributed by atoms with E-state index in [2.05, 4.69) is 10.6 Å². The second-order valence-corrected chi connectivity index (χ2v) is 6.93. The molecule has 3 rings (SSSR count). The Kier molecular flexibility index (Phi) is 6.06. The predicted octanol–water partition coefficient (Wildman–Crippen LogP) is 3.11. The van der Waals surface area contributed by atoms with E-state index >= 15 is 0 Å². The molecular weight excluding hydrogens is 388 g/mol. The Morgan fingerprint density at radius 3 is 2.20 bits per heavy atom. The largest absolute Gasteiger partial charge is 0.497 e. The van der Waals surface area contributed by atoms with Gasteiger partial charge in [0.2, 0.25) is 0 Å². The number of carbonyl (C=O) groups is 3. The number of carbonyl (C=O) groups excluding carboxylic acids is 2. The minimum atomic E-state index is -1.06. The third kappa shape index (κ3) is 4.43. The van der Waals surface area contributed by atoms with Crippen LogP contribution in [0.15, 0.2) is 54.1 Å². The van der Waals surface area contributed by atoms with E-state index in [1.807, 2.05) is 0 Å². The number of urea groups is 1. The molecule has 2 aromatic rings. The Bertz CT molecular complexity index is 993. The van der Waals surface area contributed by atoms with Gasteiger partial charge in [0.1, 0.15) is 5.75 Å². The number of benzene rings is 2. The quantitative estimate of drug-likeness (QED) is 0.631. The highest BCUT2D eigenvalue weighted by molar-refractivity contribution is 6.04. The SMILES string of the molecule is COc1ccc(C2=C(C(=O)OC(C)C)C(c3ccc(C(=O)O)cc3)NC(=O)N2)cc1. The number of ether oxygens (including phenoxy) is 2. The summed E-state index contributed by atoms with van der Waals surface area (Å²) in [6.07, 6.45) is -0.366. The number of aromatic carboxylic acids is 1. The van der Waals surface area contributed by atoms with E-state index in [4.69, 9.17) is 14.6 Å². The van der Waals surface area contributed by atoms with E-state index in [-0.39, 0.29) is 17.2 Å². The van der Waals surface area contributed by atoms with E-state index in [1.54, 1.807) is 57.4 Å². The molecule has 8 heteroatoms. The third-order valence-corrected chi connectivity index (χ3v) is 4.50. The first-order valence-corrected chi connectivity index (χ1v) is 9.30. The summed E-state index contributed by atoms with van der Waals surface area (Å²) >= 11 is 0. The van der Waals surface area contributed by atoms with Crippen LogP contribution in [0.25, 0.3) is 5.70 Å². The average molecular weight is 410 g/mol. The second-order valence-electron chi connectivity index (χ2n) is 6.93. The highest BCUT2D eigenvalue weighted by Crippen LogP contribution is 2.33. The maximum Gasteiger partial charge on any atom is 0.338 e. The number of esters is 1. The highest BCUT2D eigenvalue weighted by Gasteiger charge is 2.34. The van der Waals surface area contributed by atoms with E-state index in [0.717, 1.165) is 0 Å². The van der Waals surface area contributed by atoms with Gasteiger partial charge in [0.15, 0.2) is 0 Å². The zero-order valence-corrected chi connectivity index (χ0v) is 16.8. The summed E-state index contributed by atoms with van der Waals surface area (Å²) in [5.74, 6) is -1.02. The van der Waals surface area contributed by atoms with Crippen molar-refractivity contribution in [2.75, 3.05) is 7.11 Å². The van der Waals surface area contributed by atoms with Crippen molar-refractivity contribution >= 4 is 23.7 Å². The van der Waals surface area contributed by atoms with Crippen LogP contribution in [0.2, 0.25) is 0 Å². The maximum atomic E-state index is 13.0. The van der Waals surface area contributed by atoms with Gasteiger partial charge < -0.3 is 25.2 Å². The van der Waals surface area contributed by atoms with Crippen molar-refractivity contribution in [3.05, 3.63) is 70.8 Å². The lowest BCUT2D eigenvalue weighted by molar-refractivity contribution is -0.143. The zero-order valence-electron chi connectivity index (χ0n) is 16.8. The predicted molar refractivity (Wildman–Crippen MR) is 109 cm³/mol. The van der Waals surface area contributed by atoms with Crippen molar-refractivity contribution in [1.82, 2.24) is 10.6 Å². The Labute approximate surface area is 173 Å². The highest BCUT2D eigenvalue weighted by atomic mass is 16.5. The molecule has 2 amide bonds. The summed E-state index contributed by atoms with van der Waals surface area (Å²) in [4.78, 5) is 36.5. The fraction of sp³-hybridized carbons (Fsp3) is 0.227. The number of methoxy groups -OCH3 is 1. The molecule has 0 aliphatic carbocycles. The molecule has 1 aliphatic rings. The molecule has 0 fully saturated rings. The summed E-state index contributed by atoms with van der Waals surface area (Å²) in [6, 6.07) is 11.6. The van der Waals surface area contributed by atoms with Crippen LogP contribution < -0.4 is 15.4 Å². The topological polar surface area (TPSA) is 114 Å². The van der Waals surface area contributed by atoms with Crippen LogP contribution >= 0.6 is 0 Å². The molecular formula is C22H22N2O6. The van der Waals surface area contributed by atoms with Crippen molar-refractivity contribution < 1.29 is 29.0 Å². The van der Waals surface area contributed by atoms with Crippen LogP contribution in [0.4, 0.5) is 4.79 Å². The monoisotopic (exact) mass is 410 g/mol. The standard InChI is InChI=1S/C22H22N2O6/c1-12(2)30-21(27)17-18(13-4-6-15(7-5-13)20(25)26)23-22(28)24-19(17)14-8-10-16(29-3)11-9-14/h4-12,18H,1-3H3,(H,25,26)(H2,23,24,28). The summed E-state index contributed by atoms with van der Waals surface area (Å²) < 4.78 is 10.6. The molecule has 1 unspecified atom stereocenters. The Balaban J connectivity index is 2.13. The third-order valence-electron chi connectivity index (χ3n) is 4.50. The molecule has 1 atom stereocenters. The van der Waals surface area contributed by atoms with Crippen molar-refractivity contribution in [3.8, 4) is 5.75 Å². The van der Waals surface area contributed by atoms with Gasteiger partial charge in [-0.25, -0.2) is 14.4 Å². The lowest BCUT2D eigenvalue weighted by atomic mass is 9.92. The minimum Gasteiger partial charge on any atom is -0.497 e. The van der Waals surface area contributed by atoms with Crippen molar-refractivity contribution in [3.63, 3.8) is 0 Å². The Morgan fingerprint density at radius 1 is 1.03 bits per heavy atom. The van der Waals surface area contributed by atoms with E-state index in [0.29, 0.717) is 22.6 Å². The summed E-state index contributed by atoms with van der Waals surface area (Å²) in [5.41, 5.74) is 1.80. The van der Waals surface area contributed by atoms with Gasteiger partial charge >= 0.3 is 18.0 Å². The fourth-order valence-electron chi connectivity index (χ4n) is 3.12. The molecule has 0 aromatic heterocycles. The number of carboxylic acid groups (broad SMARTS) is 1. The Hall–Kier alpha value is -3.81. The molecule has 0 spiro atoms. The number of nitrogens with one attached hydrogen (secondary N) is 2. The fourth-order valence-corrected chi connectivity index (χ4v) is 3.12. The second kappa shape index (κ2) is 8.69. The lowest BCUT2D eigenvalue weighted by Gasteiger charge is -2.30. The first-order chi connectivity index (χ1) is 14.3. The molecule has 30 heavy (non-hydrogen) atoms. The van der Waals surface area contributed by atoms with Crippen molar-refractivity contribution in [1.29, 1.82) is 0 Å². The summed E-state index contributed by atoms with van der Waals surface area (Å²) in [7, 11) is 1.54. The number of rotatable bonds is 6. The van der Waals surface area contributed by atoms with Crippen molar-refractivity contribution in [2.45, 2.75) is 26.0 Å². The van der Waals surface area contributed by atoms with Gasteiger partial charge in [-0.05, 0) is 61.4 Å².